The van der Waals surface area contributed by atoms with E-state index in [9.17, 15) is 0 Å². The fourth-order valence-corrected chi connectivity index (χ4v) is 3.62. The summed E-state index contributed by atoms with van der Waals surface area (Å²) in [7, 11) is 0. The smallest absolute Gasteiger partial charge is 0.0459 e. The third-order valence-corrected chi connectivity index (χ3v) is 4.84. The highest BCUT2D eigenvalue weighted by molar-refractivity contribution is 6.31. The molecule has 3 heteroatoms. The van der Waals surface area contributed by atoms with Gasteiger partial charge < -0.3 is 10.6 Å². The molecule has 2 unspecified atom stereocenters. The van der Waals surface area contributed by atoms with E-state index < -0.39 is 0 Å². The van der Waals surface area contributed by atoms with Crippen molar-refractivity contribution >= 4 is 17.3 Å². The number of hydrogen-bond donors (Lipinski definition) is 1. The molecule has 1 aliphatic heterocycles. The van der Waals surface area contributed by atoms with Gasteiger partial charge in [0.05, 0.1) is 0 Å². The molecule has 1 saturated heterocycles. The van der Waals surface area contributed by atoms with Crippen LogP contribution in [-0.4, -0.2) is 19.1 Å². The number of rotatable bonds is 5. The van der Waals surface area contributed by atoms with Crippen molar-refractivity contribution in [1.82, 2.24) is 0 Å². The molecule has 2 atom stereocenters. The highest BCUT2D eigenvalue weighted by Gasteiger charge is 2.17. The number of nitrogens with two attached hydrogens (primary N) is 1. The van der Waals surface area contributed by atoms with Crippen LogP contribution in [-0.2, 0) is 6.42 Å². The van der Waals surface area contributed by atoms with Crippen LogP contribution in [0.5, 0.6) is 0 Å². The summed E-state index contributed by atoms with van der Waals surface area (Å²) in [4.78, 5) is 2.50. The van der Waals surface area contributed by atoms with Gasteiger partial charge in [-0.1, -0.05) is 37.4 Å². The lowest BCUT2D eigenvalue weighted by Gasteiger charge is -2.24. The van der Waals surface area contributed by atoms with Gasteiger partial charge in [-0.3, -0.25) is 0 Å². The Hall–Kier alpha value is -0.730. The van der Waals surface area contributed by atoms with E-state index in [2.05, 4.69) is 30.0 Å². The zero-order valence-electron chi connectivity index (χ0n) is 13.4. The molecule has 1 aromatic carbocycles. The first kappa shape index (κ1) is 16.6. The fourth-order valence-electron chi connectivity index (χ4n) is 3.37. The van der Waals surface area contributed by atoms with E-state index in [1.807, 2.05) is 6.92 Å². The minimum absolute atomic E-state index is 0.154. The normalized spacial score (nSPS) is 21.1. The zero-order chi connectivity index (χ0) is 15.2. The van der Waals surface area contributed by atoms with Crippen LogP contribution in [0.2, 0.25) is 5.02 Å². The van der Waals surface area contributed by atoms with E-state index in [-0.39, 0.29) is 6.04 Å². The highest BCUT2D eigenvalue weighted by atomic mass is 35.5. The molecule has 0 radical (unpaired) electrons. The summed E-state index contributed by atoms with van der Waals surface area (Å²) in [5.41, 5.74) is 8.30. The lowest BCUT2D eigenvalue weighted by molar-refractivity contribution is 0.435. The standard InChI is InChI=1S/C18H29ClN2/c1-3-5-15-6-4-10-21(11-9-15)17-8-7-16(12-14(2)20)18(19)13-17/h7-8,13-15H,3-6,9-12,20H2,1-2H3. The molecule has 0 bridgehead atoms. The van der Waals surface area contributed by atoms with Crippen molar-refractivity contribution in [2.45, 2.75) is 58.4 Å². The van der Waals surface area contributed by atoms with Crippen LogP contribution >= 0.6 is 11.6 Å². The Morgan fingerprint density at radius 3 is 2.81 bits per heavy atom. The first-order chi connectivity index (χ1) is 10.1. The largest absolute Gasteiger partial charge is 0.371 e. The number of anilines is 1. The Bertz CT molecular complexity index is 445. The number of hydrogen-bond acceptors (Lipinski definition) is 2. The monoisotopic (exact) mass is 308 g/mol. The fraction of sp³-hybridized carbons (Fsp3) is 0.667. The van der Waals surface area contributed by atoms with Gasteiger partial charge in [0.1, 0.15) is 0 Å². The molecule has 2 N–H and O–H groups in total. The second-order valence-corrected chi connectivity index (χ2v) is 6.94. The van der Waals surface area contributed by atoms with Crippen LogP contribution in [0.4, 0.5) is 5.69 Å². The quantitative estimate of drug-likeness (QED) is 0.859. The molecule has 0 aliphatic carbocycles. The van der Waals surface area contributed by atoms with Crippen LogP contribution in [0.1, 0.15) is 51.5 Å². The first-order valence-corrected chi connectivity index (χ1v) is 8.77. The Kier molecular flexibility index (Phi) is 6.38. The van der Waals surface area contributed by atoms with Crippen molar-refractivity contribution in [3.8, 4) is 0 Å². The Labute approximate surface area is 134 Å². The first-order valence-electron chi connectivity index (χ1n) is 8.39. The van der Waals surface area contributed by atoms with Gasteiger partial charge in [0.15, 0.2) is 0 Å². The molecular weight excluding hydrogens is 280 g/mol. The van der Waals surface area contributed by atoms with Gasteiger partial charge in [-0.2, -0.15) is 0 Å². The Morgan fingerprint density at radius 2 is 2.14 bits per heavy atom. The van der Waals surface area contributed by atoms with Gasteiger partial charge in [0.2, 0.25) is 0 Å². The molecule has 0 aromatic heterocycles. The minimum Gasteiger partial charge on any atom is -0.371 e. The van der Waals surface area contributed by atoms with Crippen LogP contribution in [0.15, 0.2) is 18.2 Å². The second-order valence-electron chi connectivity index (χ2n) is 6.53. The second kappa shape index (κ2) is 8.05. The van der Waals surface area contributed by atoms with E-state index in [1.165, 1.54) is 37.8 Å². The molecule has 0 amide bonds. The van der Waals surface area contributed by atoms with Crippen molar-refractivity contribution in [3.63, 3.8) is 0 Å². The molecule has 2 rings (SSSR count). The van der Waals surface area contributed by atoms with E-state index in [1.54, 1.807) is 0 Å². The minimum atomic E-state index is 0.154. The summed E-state index contributed by atoms with van der Waals surface area (Å²) in [6.07, 6.45) is 7.51. The molecule has 1 fully saturated rings. The average molecular weight is 309 g/mol. The number of halogens is 1. The van der Waals surface area contributed by atoms with Crippen LogP contribution in [0, 0.1) is 5.92 Å². The van der Waals surface area contributed by atoms with Gasteiger partial charge >= 0.3 is 0 Å². The lowest BCUT2D eigenvalue weighted by atomic mass is 9.96. The maximum Gasteiger partial charge on any atom is 0.0459 e. The third-order valence-electron chi connectivity index (χ3n) is 4.49. The molecule has 118 valence electrons. The predicted octanol–water partition coefficient (Wildman–Crippen LogP) is 4.64. The van der Waals surface area contributed by atoms with Gasteiger partial charge in [0, 0.05) is 29.8 Å². The molecule has 1 heterocycles. The van der Waals surface area contributed by atoms with Crippen molar-refractivity contribution in [1.29, 1.82) is 0 Å². The predicted molar refractivity (Wildman–Crippen MR) is 93.3 cm³/mol. The number of nitrogens with zero attached hydrogens (tertiary/aromatic N) is 1. The number of benzene rings is 1. The highest BCUT2D eigenvalue weighted by Crippen LogP contribution is 2.28. The zero-order valence-corrected chi connectivity index (χ0v) is 14.2. The van der Waals surface area contributed by atoms with Gasteiger partial charge in [-0.05, 0) is 56.2 Å². The van der Waals surface area contributed by atoms with Gasteiger partial charge in [-0.25, -0.2) is 0 Å². The van der Waals surface area contributed by atoms with E-state index in [0.717, 1.165) is 36.0 Å². The van der Waals surface area contributed by atoms with Gasteiger partial charge in [-0.15, -0.1) is 0 Å². The maximum absolute atomic E-state index is 6.43. The lowest BCUT2D eigenvalue weighted by Crippen LogP contribution is -2.24. The summed E-state index contributed by atoms with van der Waals surface area (Å²) in [6, 6.07) is 6.64. The van der Waals surface area contributed by atoms with Gasteiger partial charge in [0.25, 0.3) is 0 Å². The summed E-state index contributed by atoms with van der Waals surface area (Å²) in [5, 5.41) is 0.860. The molecule has 1 aromatic rings. The molecule has 2 nitrogen and oxygen atoms in total. The van der Waals surface area contributed by atoms with Crippen molar-refractivity contribution < 1.29 is 0 Å². The molecular formula is C18H29ClN2. The van der Waals surface area contributed by atoms with E-state index in [0.29, 0.717) is 0 Å². The summed E-state index contributed by atoms with van der Waals surface area (Å²) in [6.45, 7) is 6.63. The summed E-state index contributed by atoms with van der Waals surface area (Å²) in [5.74, 6) is 0.910. The molecule has 1 aliphatic rings. The molecule has 0 spiro atoms. The van der Waals surface area contributed by atoms with Crippen molar-refractivity contribution in [3.05, 3.63) is 28.8 Å². The summed E-state index contributed by atoms with van der Waals surface area (Å²) >= 11 is 6.43. The van der Waals surface area contributed by atoms with E-state index in [4.69, 9.17) is 17.3 Å². The van der Waals surface area contributed by atoms with Crippen LogP contribution in [0.25, 0.3) is 0 Å². The Morgan fingerprint density at radius 1 is 1.33 bits per heavy atom. The average Bonchev–Trinajstić information content (AvgIpc) is 2.67. The topological polar surface area (TPSA) is 29.3 Å². The van der Waals surface area contributed by atoms with Crippen LogP contribution < -0.4 is 10.6 Å². The maximum atomic E-state index is 6.43. The van der Waals surface area contributed by atoms with Crippen molar-refractivity contribution in [2.24, 2.45) is 11.7 Å². The van der Waals surface area contributed by atoms with Crippen LogP contribution in [0.3, 0.4) is 0 Å². The summed E-state index contributed by atoms with van der Waals surface area (Å²) < 4.78 is 0. The Balaban J connectivity index is 2.03. The van der Waals surface area contributed by atoms with E-state index >= 15 is 0 Å². The SMILES string of the molecule is CCCC1CCCN(c2ccc(CC(C)N)c(Cl)c2)CC1. The third kappa shape index (κ3) is 4.89. The molecule has 21 heavy (non-hydrogen) atoms. The van der Waals surface area contributed by atoms with Crippen molar-refractivity contribution in [2.75, 3.05) is 18.0 Å². The molecule has 0 saturated carbocycles.